The molecule has 1 heterocycles. The van der Waals surface area contributed by atoms with Gasteiger partial charge >= 0.3 is 0 Å². The SMILES string of the molecule is CN(C)CC1=C(c2cc3c(F)cccc3s2)C2CCC(C1)C2.Cl. The lowest BCUT2D eigenvalue weighted by molar-refractivity contribution is 0.413. The molecule has 0 spiro atoms. The molecule has 1 fully saturated rings. The number of halogens is 2. The molecule has 4 rings (SSSR count). The summed E-state index contributed by atoms with van der Waals surface area (Å²) < 4.78 is 15.1. The molecule has 0 saturated heterocycles. The third kappa shape index (κ3) is 3.07. The van der Waals surface area contributed by atoms with Crippen molar-refractivity contribution in [3.05, 3.63) is 40.5 Å². The Balaban J connectivity index is 0.00000156. The fraction of sp³-hybridized carbons (Fsp3) is 0.474. The van der Waals surface area contributed by atoms with E-state index in [2.05, 4.69) is 25.1 Å². The molecule has 0 radical (unpaired) electrons. The molecule has 2 atom stereocenters. The van der Waals surface area contributed by atoms with Crippen LogP contribution in [-0.4, -0.2) is 25.5 Å². The Hall–Kier alpha value is -0.900. The normalized spacial score (nSPS) is 23.7. The molecule has 23 heavy (non-hydrogen) atoms. The molecule has 2 aromatic rings. The highest BCUT2D eigenvalue weighted by molar-refractivity contribution is 7.20. The summed E-state index contributed by atoms with van der Waals surface area (Å²) in [5.74, 6) is 1.49. The number of benzene rings is 1. The van der Waals surface area contributed by atoms with Gasteiger partial charge < -0.3 is 4.90 Å². The van der Waals surface area contributed by atoms with E-state index in [1.165, 1.54) is 30.6 Å². The van der Waals surface area contributed by atoms with Gasteiger partial charge in [-0.15, -0.1) is 23.7 Å². The van der Waals surface area contributed by atoms with Gasteiger partial charge in [-0.05, 0) is 75.4 Å². The Labute approximate surface area is 147 Å². The number of hydrogen-bond acceptors (Lipinski definition) is 2. The minimum atomic E-state index is -0.0881. The van der Waals surface area contributed by atoms with Crippen LogP contribution in [0.3, 0.4) is 0 Å². The van der Waals surface area contributed by atoms with E-state index in [0.29, 0.717) is 5.92 Å². The van der Waals surface area contributed by atoms with Gasteiger partial charge in [0.1, 0.15) is 5.82 Å². The molecule has 4 heteroatoms. The molecule has 1 nitrogen and oxygen atoms in total. The zero-order chi connectivity index (χ0) is 15.3. The second-order valence-corrected chi connectivity index (χ2v) is 8.18. The summed E-state index contributed by atoms with van der Waals surface area (Å²) in [6.07, 6.45) is 5.25. The Morgan fingerprint density at radius 3 is 2.83 bits per heavy atom. The van der Waals surface area contributed by atoms with E-state index in [9.17, 15) is 4.39 Å². The van der Waals surface area contributed by atoms with Crippen molar-refractivity contribution in [1.29, 1.82) is 0 Å². The predicted octanol–water partition coefficient (Wildman–Crippen LogP) is 5.60. The van der Waals surface area contributed by atoms with Crippen molar-refractivity contribution in [2.24, 2.45) is 11.8 Å². The van der Waals surface area contributed by atoms with Crippen LogP contribution in [0, 0.1) is 17.7 Å². The number of fused-ring (bicyclic) bond motifs is 3. The first-order chi connectivity index (χ1) is 10.6. The van der Waals surface area contributed by atoms with Crippen molar-refractivity contribution in [2.45, 2.75) is 25.7 Å². The zero-order valence-corrected chi connectivity index (χ0v) is 15.3. The van der Waals surface area contributed by atoms with Crippen molar-refractivity contribution in [3.63, 3.8) is 0 Å². The lowest BCUT2D eigenvalue weighted by atomic mass is 9.82. The fourth-order valence-electron chi connectivity index (χ4n) is 4.33. The van der Waals surface area contributed by atoms with Crippen LogP contribution in [0.25, 0.3) is 15.7 Å². The van der Waals surface area contributed by atoms with Gasteiger partial charge in [-0.2, -0.15) is 0 Å². The van der Waals surface area contributed by atoms with Crippen molar-refractivity contribution in [3.8, 4) is 0 Å². The van der Waals surface area contributed by atoms with Crippen LogP contribution in [0.2, 0.25) is 0 Å². The molecule has 1 aromatic heterocycles. The van der Waals surface area contributed by atoms with E-state index >= 15 is 0 Å². The molecule has 0 aliphatic heterocycles. The van der Waals surface area contributed by atoms with Crippen molar-refractivity contribution in [1.82, 2.24) is 4.90 Å². The molecule has 2 aliphatic rings. The fourth-order valence-corrected chi connectivity index (χ4v) is 5.58. The molecule has 2 unspecified atom stereocenters. The molecule has 1 aromatic carbocycles. The summed E-state index contributed by atoms with van der Waals surface area (Å²) in [5.41, 5.74) is 3.14. The van der Waals surface area contributed by atoms with E-state index in [4.69, 9.17) is 0 Å². The van der Waals surface area contributed by atoms with Gasteiger partial charge in [-0.1, -0.05) is 11.6 Å². The second-order valence-electron chi connectivity index (χ2n) is 7.10. The van der Waals surface area contributed by atoms with Crippen molar-refractivity contribution < 1.29 is 4.39 Å². The standard InChI is InChI=1S/C19H22FNS.ClH/c1-21(2)11-14-9-12-6-7-13(8-12)19(14)18-10-15-16(20)4-3-5-17(15)22-18;/h3-5,10,12-13H,6-9,11H2,1-2H3;1H. The zero-order valence-electron chi connectivity index (χ0n) is 13.6. The summed E-state index contributed by atoms with van der Waals surface area (Å²) in [6.45, 7) is 1.04. The average molecular weight is 352 g/mol. The molecule has 1 saturated carbocycles. The molecule has 0 amide bonds. The van der Waals surface area contributed by atoms with Crippen LogP contribution >= 0.6 is 23.7 Å². The highest BCUT2D eigenvalue weighted by Gasteiger charge is 2.35. The van der Waals surface area contributed by atoms with Crippen LogP contribution in [-0.2, 0) is 0 Å². The van der Waals surface area contributed by atoms with Gasteiger partial charge in [0.15, 0.2) is 0 Å². The average Bonchev–Trinajstić information content (AvgIpc) is 3.04. The summed E-state index contributed by atoms with van der Waals surface area (Å²) in [5, 5.41) is 0.791. The highest BCUT2D eigenvalue weighted by atomic mass is 35.5. The second kappa shape index (κ2) is 6.54. The van der Waals surface area contributed by atoms with Gasteiger partial charge in [0.2, 0.25) is 0 Å². The van der Waals surface area contributed by atoms with Crippen molar-refractivity contribution >= 4 is 39.4 Å². The quantitative estimate of drug-likeness (QED) is 0.696. The van der Waals surface area contributed by atoms with Crippen LogP contribution < -0.4 is 0 Å². The summed E-state index contributed by atoms with van der Waals surface area (Å²) in [6, 6.07) is 7.53. The molecule has 124 valence electrons. The number of likely N-dealkylation sites (N-methyl/N-ethyl adjacent to an activating group) is 1. The maximum atomic E-state index is 14.0. The third-order valence-corrected chi connectivity index (χ3v) is 6.28. The van der Waals surface area contributed by atoms with E-state index in [1.54, 1.807) is 28.5 Å². The molecule has 0 N–H and O–H groups in total. The Kier molecular flexibility index (Phi) is 4.82. The Morgan fingerprint density at radius 1 is 1.26 bits per heavy atom. The third-order valence-electron chi connectivity index (χ3n) is 5.15. The maximum Gasteiger partial charge on any atom is 0.131 e. The number of hydrogen-bond donors (Lipinski definition) is 0. The smallest absolute Gasteiger partial charge is 0.131 e. The van der Waals surface area contributed by atoms with E-state index in [0.717, 1.165) is 22.5 Å². The van der Waals surface area contributed by atoms with Gasteiger partial charge in [-0.3, -0.25) is 0 Å². The first kappa shape index (κ1) is 16.9. The number of rotatable bonds is 3. The molecular weight excluding hydrogens is 329 g/mol. The minimum absolute atomic E-state index is 0. The first-order valence-electron chi connectivity index (χ1n) is 8.17. The molecular formula is C19H23ClFNS. The largest absolute Gasteiger partial charge is 0.305 e. The van der Waals surface area contributed by atoms with Crippen molar-refractivity contribution in [2.75, 3.05) is 20.6 Å². The number of thiophene rings is 1. The summed E-state index contributed by atoms with van der Waals surface area (Å²) >= 11 is 1.77. The van der Waals surface area contributed by atoms with Crippen LogP contribution in [0.5, 0.6) is 0 Å². The summed E-state index contributed by atoms with van der Waals surface area (Å²) in [4.78, 5) is 3.58. The Bertz CT molecular complexity index is 749. The first-order valence-corrected chi connectivity index (χ1v) is 8.98. The number of allylic oxidation sites excluding steroid dienone is 1. The lowest BCUT2D eigenvalue weighted by Crippen LogP contribution is -2.21. The van der Waals surface area contributed by atoms with Gasteiger partial charge in [0.25, 0.3) is 0 Å². The Morgan fingerprint density at radius 2 is 2.09 bits per heavy atom. The highest BCUT2D eigenvalue weighted by Crippen LogP contribution is 2.51. The number of nitrogens with zero attached hydrogens (tertiary/aromatic N) is 1. The van der Waals surface area contributed by atoms with Crippen LogP contribution in [0.4, 0.5) is 4.39 Å². The maximum absolute atomic E-state index is 14.0. The predicted molar refractivity (Wildman–Crippen MR) is 100.0 cm³/mol. The van der Waals surface area contributed by atoms with Crippen LogP contribution in [0.15, 0.2) is 29.8 Å². The van der Waals surface area contributed by atoms with Gasteiger partial charge in [0, 0.05) is 21.5 Å². The van der Waals surface area contributed by atoms with Gasteiger partial charge in [0.05, 0.1) is 0 Å². The topological polar surface area (TPSA) is 3.24 Å². The van der Waals surface area contributed by atoms with Crippen LogP contribution in [0.1, 0.15) is 30.6 Å². The van der Waals surface area contributed by atoms with E-state index in [1.807, 2.05) is 12.1 Å². The molecule has 2 aliphatic carbocycles. The lowest BCUT2D eigenvalue weighted by Gasteiger charge is -2.28. The van der Waals surface area contributed by atoms with Gasteiger partial charge in [-0.25, -0.2) is 4.39 Å². The summed E-state index contributed by atoms with van der Waals surface area (Å²) in [7, 11) is 4.29. The monoisotopic (exact) mass is 351 g/mol. The van der Waals surface area contributed by atoms with E-state index < -0.39 is 0 Å². The molecule has 2 bridgehead atoms. The minimum Gasteiger partial charge on any atom is -0.305 e. The van der Waals surface area contributed by atoms with E-state index in [-0.39, 0.29) is 18.2 Å².